The van der Waals surface area contributed by atoms with Crippen LogP contribution in [0.25, 0.3) is 0 Å². The lowest BCUT2D eigenvalue weighted by molar-refractivity contribution is 0.118. The van der Waals surface area contributed by atoms with Gasteiger partial charge in [-0.3, -0.25) is 9.88 Å². The van der Waals surface area contributed by atoms with E-state index in [1.54, 1.807) is 0 Å². The van der Waals surface area contributed by atoms with Gasteiger partial charge in [0.25, 0.3) is 0 Å². The highest BCUT2D eigenvalue weighted by atomic mass is 32.2. The van der Waals surface area contributed by atoms with Gasteiger partial charge in [0, 0.05) is 44.6 Å². The van der Waals surface area contributed by atoms with E-state index in [4.69, 9.17) is 0 Å². The number of thioether (sulfide) groups is 1. The Bertz CT molecular complexity index is 354. The van der Waals surface area contributed by atoms with Gasteiger partial charge in [0.1, 0.15) is 0 Å². The summed E-state index contributed by atoms with van der Waals surface area (Å²) in [6.07, 6.45) is 6.67. The third-order valence-corrected chi connectivity index (χ3v) is 5.33. The van der Waals surface area contributed by atoms with Crippen LogP contribution in [0.3, 0.4) is 0 Å². The number of piperazine rings is 1. The quantitative estimate of drug-likeness (QED) is 0.916. The van der Waals surface area contributed by atoms with Crippen LogP contribution in [0.4, 0.5) is 0 Å². The van der Waals surface area contributed by atoms with E-state index in [1.807, 2.05) is 6.20 Å². The van der Waals surface area contributed by atoms with Crippen LogP contribution >= 0.6 is 11.8 Å². The van der Waals surface area contributed by atoms with Gasteiger partial charge in [0.2, 0.25) is 0 Å². The van der Waals surface area contributed by atoms with Gasteiger partial charge in [-0.1, -0.05) is 6.07 Å². The lowest BCUT2D eigenvalue weighted by Crippen LogP contribution is -2.47. The normalized spacial score (nSPS) is 24.2. The fourth-order valence-corrected chi connectivity index (χ4v) is 4.47. The summed E-state index contributed by atoms with van der Waals surface area (Å²) in [5.74, 6) is 3.46. The second-order valence-corrected chi connectivity index (χ2v) is 6.69. The van der Waals surface area contributed by atoms with E-state index >= 15 is 0 Å². The van der Waals surface area contributed by atoms with Crippen molar-refractivity contribution in [2.24, 2.45) is 5.92 Å². The van der Waals surface area contributed by atoms with Crippen LogP contribution < -0.4 is 5.32 Å². The van der Waals surface area contributed by atoms with Crippen molar-refractivity contribution in [3.63, 3.8) is 0 Å². The second-order valence-electron chi connectivity index (χ2n) is 5.47. The molecule has 104 valence electrons. The lowest BCUT2D eigenvalue weighted by atomic mass is 9.87. The summed E-state index contributed by atoms with van der Waals surface area (Å²) in [5, 5.41) is 3.46. The maximum Gasteiger partial charge on any atom is 0.0393 e. The first-order chi connectivity index (χ1) is 9.45. The first-order valence-corrected chi connectivity index (χ1v) is 8.53. The Morgan fingerprint density at radius 3 is 2.74 bits per heavy atom. The van der Waals surface area contributed by atoms with Crippen molar-refractivity contribution in [3.8, 4) is 0 Å². The topological polar surface area (TPSA) is 28.2 Å². The molecule has 1 aromatic rings. The monoisotopic (exact) mass is 277 g/mol. The molecule has 0 aromatic carbocycles. The Morgan fingerprint density at radius 1 is 1.26 bits per heavy atom. The molecule has 1 atom stereocenters. The minimum absolute atomic E-state index is 0.580. The van der Waals surface area contributed by atoms with E-state index in [0.29, 0.717) is 6.04 Å². The fourth-order valence-electron chi connectivity index (χ4n) is 3.32. The van der Waals surface area contributed by atoms with Gasteiger partial charge in [-0.05, 0) is 41.9 Å². The molecule has 2 fully saturated rings. The van der Waals surface area contributed by atoms with Crippen molar-refractivity contribution in [3.05, 3.63) is 30.1 Å². The maximum absolute atomic E-state index is 4.35. The van der Waals surface area contributed by atoms with Gasteiger partial charge in [0.15, 0.2) is 0 Å². The van der Waals surface area contributed by atoms with Crippen molar-refractivity contribution in [2.45, 2.75) is 18.9 Å². The standard InChI is InChI=1S/C15H23N3S/c1-2-14(12-17-5-1)15(13-3-10-19-11-4-13)18-8-6-16-7-9-18/h1-2,5,12-13,15-16H,3-4,6-11H2/t15-/m1/s1. The zero-order valence-electron chi connectivity index (χ0n) is 11.4. The molecule has 3 nitrogen and oxygen atoms in total. The summed E-state index contributed by atoms with van der Waals surface area (Å²) in [6, 6.07) is 4.93. The number of rotatable bonds is 3. The first-order valence-electron chi connectivity index (χ1n) is 7.37. The molecule has 4 heteroatoms. The lowest BCUT2D eigenvalue weighted by Gasteiger charge is -2.41. The number of aromatic nitrogens is 1. The van der Waals surface area contributed by atoms with Gasteiger partial charge >= 0.3 is 0 Å². The largest absolute Gasteiger partial charge is 0.314 e. The summed E-state index contributed by atoms with van der Waals surface area (Å²) < 4.78 is 0. The van der Waals surface area contributed by atoms with Crippen LogP contribution in [0.15, 0.2) is 24.5 Å². The summed E-state index contributed by atoms with van der Waals surface area (Å²) in [7, 11) is 0. The van der Waals surface area contributed by atoms with Crippen LogP contribution in [0.5, 0.6) is 0 Å². The Balaban J connectivity index is 1.81. The van der Waals surface area contributed by atoms with E-state index in [9.17, 15) is 0 Å². The second kappa shape index (κ2) is 6.73. The predicted molar refractivity (Wildman–Crippen MR) is 81.5 cm³/mol. The van der Waals surface area contributed by atoms with Gasteiger partial charge in [0.05, 0.1) is 0 Å². The van der Waals surface area contributed by atoms with Crippen LogP contribution in [-0.2, 0) is 0 Å². The molecule has 0 saturated carbocycles. The molecule has 0 spiro atoms. The molecule has 0 amide bonds. The van der Waals surface area contributed by atoms with E-state index < -0.39 is 0 Å². The van der Waals surface area contributed by atoms with E-state index in [2.05, 4.69) is 45.3 Å². The van der Waals surface area contributed by atoms with Gasteiger partial charge < -0.3 is 5.32 Å². The Morgan fingerprint density at radius 2 is 2.05 bits per heavy atom. The number of hydrogen-bond donors (Lipinski definition) is 1. The van der Waals surface area contributed by atoms with Crippen LogP contribution in [-0.4, -0.2) is 47.6 Å². The number of nitrogens with one attached hydrogen (secondary N) is 1. The minimum Gasteiger partial charge on any atom is -0.314 e. The van der Waals surface area contributed by atoms with Crippen LogP contribution in [0.2, 0.25) is 0 Å². The van der Waals surface area contributed by atoms with Gasteiger partial charge in [-0.2, -0.15) is 11.8 Å². The van der Waals surface area contributed by atoms with Crippen LogP contribution in [0.1, 0.15) is 24.4 Å². The van der Waals surface area contributed by atoms with E-state index in [0.717, 1.165) is 19.0 Å². The Hall–Kier alpha value is -0.580. The fraction of sp³-hybridized carbons (Fsp3) is 0.667. The molecule has 1 N–H and O–H groups in total. The molecule has 2 aliphatic rings. The molecule has 0 radical (unpaired) electrons. The molecule has 2 aliphatic heterocycles. The molecule has 0 bridgehead atoms. The molecule has 1 aromatic heterocycles. The van der Waals surface area contributed by atoms with Crippen molar-refractivity contribution in [1.82, 2.24) is 15.2 Å². The zero-order valence-corrected chi connectivity index (χ0v) is 12.2. The Kier molecular flexibility index (Phi) is 4.75. The molecule has 3 heterocycles. The van der Waals surface area contributed by atoms with Crippen molar-refractivity contribution >= 4 is 11.8 Å². The molecule has 0 aliphatic carbocycles. The zero-order chi connectivity index (χ0) is 12.9. The highest BCUT2D eigenvalue weighted by molar-refractivity contribution is 7.99. The number of hydrogen-bond acceptors (Lipinski definition) is 4. The van der Waals surface area contributed by atoms with Gasteiger partial charge in [-0.25, -0.2) is 0 Å². The van der Waals surface area contributed by atoms with E-state index in [1.165, 1.54) is 43.0 Å². The van der Waals surface area contributed by atoms with Crippen molar-refractivity contribution in [2.75, 3.05) is 37.7 Å². The molecule has 0 unspecified atom stereocenters. The predicted octanol–water partition coefficient (Wildman–Crippen LogP) is 2.17. The summed E-state index contributed by atoms with van der Waals surface area (Å²) >= 11 is 2.11. The third-order valence-electron chi connectivity index (χ3n) is 4.28. The molecule has 19 heavy (non-hydrogen) atoms. The molecular weight excluding hydrogens is 254 g/mol. The average Bonchev–Trinajstić information content (AvgIpc) is 2.51. The van der Waals surface area contributed by atoms with Crippen molar-refractivity contribution in [1.29, 1.82) is 0 Å². The summed E-state index contributed by atoms with van der Waals surface area (Å²) in [5.41, 5.74) is 1.42. The molecule has 2 saturated heterocycles. The average molecular weight is 277 g/mol. The first kappa shape index (κ1) is 13.4. The summed E-state index contributed by atoms with van der Waals surface area (Å²) in [6.45, 7) is 4.59. The number of pyridine rings is 1. The SMILES string of the molecule is c1cncc([C@@H](C2CCSCC2)N2CCNCC2)c1. The summed E-state index contributed by atoms with van der Waals surface area (Å²) in [4.78, 5) is 7.02. The minimum atomic E-state index is 0.580. The van der Waals surface area contributed by atoms with Gasteiger partial charge in [-0.15, -0.1) is 0 Å². The molecular formula is C15H23N3S. The highest BCUT2D eigenvalue weighted by Crippen LogP contribution is 2.37. The van der Waals surface area contributed by atoms with Crippen molar-refractivity contribution < 1.29 is 0 Å². The molecule has 3 rings (SSSR count). The smallest absolute Gasteiger partial charge is 0.0393 e. The third kappa shape index (κ3) is 3.30. The Labute approximate surface area is 120 Å². The maximum atomic E-state index is 4.35. The van der Waals surface area contributed by atoms with Crippen LogP contribution in [0, 0.1) is 5.92 Å². The van der Waals surface area contributed by atoms with E-state index in [-0.39, 0.29) is 0 Å². The highest BCUT2D eigenvalue weighted by Gasteiger charge is 2.30. The number of nitrogens with zero attached hydrogens (tertiary/aromatic N) is 2.